The van der Waals surface area contributed by atoms with Crippen molar-refractivity contribution in [3.05, 3.63) is 64.2 Å². The summed E-state index contributed by atoms with van der Waals surface area (Å²) in [5.74, 6) is 1.61. The Balaban J connectivity index is 0.00000300. The summed E-state index contributed by atoms with van der Waals surface area (Å²) in [6.07, 6.45) is 0. The smallest absolute Gasteiger partial charge is 0.274 e. The summed E-state index contributed by atoms with van der Waals surface area (Å²) in [4.78, 5) is 19.7. The van der Waals surface area contributed by atoms with E-state index >= 15 is 0 Å². The van der Waals surface area contributed by atoms with E-state index in [1.807, 2.05) is 12.1 Å². The van der Waals surface area contributed by atoms with E-state index in [1.54, 1.807) is 32.4 Å². The molecule has 0 spiro atoms. The number of nitro benzene ring substituents is 1. The second-order valence-corrected chi connectivity index (χ2v) is 6.46. The molecule has 1 saturated heterocycles. The molecule has 1 heterocycles. The number of nitro groups is 1. The van der Waals surface area contributed by atoms with E-state index in [4.69, 9.17) is 4.74 Å². The average molecular weight is 511 g/mol. The number of hydrogen-bond donors (Lipinski definition) is 1. The number of hydrogen-bond acceptors (Lipinski definition) is 5. The zero-order chi connectivity index (χ0) is 19.9. The third-order valence-electron chi connectivity index (χ3n) is 4.85. The van der Waals surface area contributed by atoms with Crippen LogP contribution in [0.4, 0.5) is 11.4 Å². The van der Waals surface area contributed by atoms with Crippen LogP contribution < -0.4 is 15.0 Å². The SMILES string of the molecule is CN=C(NCc1ccccc1[N+](=O)[O-])N1CCN(c2ccc(OC)cc2)CC1.I. The van der Waals surface area contributed by atoms with Gasteiger partial charge in [0, 0.05) is 57.1 Å². The zero-order valence-corrected chi connectivity index (χ0v) is 18.9. The number of aliphatic imine (C=N–C) groups is 1. The Bertz CT molecular complexity index is 836. The van der Waals surface area contributed by atoms with Crippen molar-refractivity contribution in [3.63, 3.8) is 0 Å². The van der Waals surface area contributed by atoms with Gasteiger partial charge in [-0.1, -0.05) is 18.2 Å². The van der Waals surface area contributed by atoms with E-state index in [9.17, 15) is 10.1 Å². The monoisotopic (exact) mass is 511 g/mol. The quantitative estimate of drug-likeness (QED) is 0.219. The summed E-state index contributed by atoms with van der Waals surface area (Å²) < 4.78 is 5.21. The minimum atomic E-state index is -0.354. The van der Waals surface area contributed by atoms with Gasteiger partial charge in [-0.15, -0.1) is 24.0 Å². The van der Waals surface area contributed by atoms with Gasteiger partial charge in [0.15, 0.2) is 5.96 Å². The van der Waals surface area contributed by atoms with Gasteiger partial charge >= 0.3 is 0 Å². The summed E-state index contributed by atoms with van der Waals surface area (Å²) in [5, 5.41) is 14.4. The number of ether oxygens (including phenoxy) is 1. The molecule has 9 heteroatoms. The number of benzene rings is 2. The lowest BCUT2D eigenvalue weighted by Crippen LogP contribution is -2.52. The number of piperazine rings is 1. The van der Waals surface area contributed by atoms with E-state index < -0.39 is 0 Å². The van der Waals surface area contributed by atoms with Crippen molar-refractivity contribution in [2.45, 2.75) is 6.54 Å². The molecule has 0 amide bonds. The first kappa shape index (κ1) is 22.7. The van der Waals surface area contributed by atoms with Gasteiger partial charge in [-0.3, -0.25) is 15.1 Å². The Morgan fingerprint density at radius 2 is 1.79 bits per heavy atom. The van der Waals surface area contributed by atoms with Gasteiger partial charge in [0.05, 0.1) is 12.0 Å². The van der Waals surface area contributed by atoms with Crippen LogP contribution in [0.2, 0.25) is 0 Å². The predicted octanol–water partition coefficient (Wildman–Crippen LogP) is 3.12. The van der Waals surface area contributed by atoms with Crippen molar-refractivity contribution >= 4 is 41.3 Å². The normalized spacial score (nSPS) is 14.2. The number of halogens is 1. The highest BCUT2D eigenvalue weighted by atomic mass is 127. The number of methoxy groups -OCH3 is 1. The van der Waals surface area contributed by atoms with Crippen LogP contribution in [0.25, 0.3) is 0 Å². The predicted molar refractivity (Wildman–Crippen MR) is 125 cm³/mol. The summed E-state index contributed by atoms with van der Waals surface area (Å²) in [5.41, 5.74) is 1.93. The second-order valence-electron chi connectivity index (χ2n) is 6.46. The Labute approximate surface area is 187 Å². The topological polar surface area (TPSA) is 83.2 Å². The van der Waals surface area contributed by atoms with Gasteiger partial charge in [-0.05, 0) is 24.3 Å². The van der Waals surface area contributed by atoms with E-state index in [2.05, 4.69) is 32.2 Å². The lowest BCUT2D eigenvalue weighted by molar-refractivity contribution is -0.385. The van der Waals surface area contributed by atoms with Gasteiger partial charge in [0.25, 0.3) is 5.69 Å². The summed E-state index contributed by atoms with van der Waals surface area (Å²) in [6, 6.07) is 14.8. The van der Waals surface area contributed by atoms with Crippen LogP contribution in [0.5, 0.6) is 5.75 Å². The fourth-order valence-corrected chi connectivity index (χ4v) is 3.31. The summed E-state index contributed by atoms with van der Waals surface area (Å²) in [7, 11) is 3.40. The molecule has 0 aromatic heterocycles. The number of nitrogens with one attached hydrogen (secondary N) is 1. The summed E-state index contributed by atoms with van der Waals surface area (Å²) >= 11 is 0. The molecule has 0 radical (unpaired) electrons. The molecule has 0 atom stereocenters. The molecular formula is C20H26IN5O3. The van der Waals surface area contributed by atoms with E-state index in [1.165, 1.54) is 11.8 Å². The van der Waals surface area contributed by atoms with E-state index in [-0.39, 0.29) is 34.6 Å². The third-order valence-corrected chi connectivity index (χ3v) is 4.85. The van der Waals surface area contributed by atoms with Gasteiger partial charge in [0.1, 0.15) is 5.75 Å². The highest BCUT2D eigenvalue weighted by Crippen LogP contribution is 2.21. The largest absolute Gasteiger partial charge is 0.497 e. The van der Waals surface area contributed by atoms with Crippen molar-refractivity contribution in [1.29, 1.82) is 0 Å². The van der Waals surface area contributed by atoms with Crippen LogP contribution in [-0.2, 0) is 6.54 Å². The van der Waals surface area contributed by atoms with E-state index in [0.29, 0.717) is 12.1 Å². The zero-order valence-electron chi connectivity index (χ0n) is 16.6. The maximum Gasteiger partial charge on any atom is 0.274 e. The van der Waals surface area contributed by atoms with Crippen molar-refractivity contribution in [2.75, 3.05) is 45.2 Å². The van der Waals surface area contributed by atoms with Gasteiger partial charge in [0.2, 0.25) is 0 Å². The van der Waals surface area contributed by atoms with Crippen molar-refractivity contribution in [3.8, 4) is 5.75 Å². The van der Waals surface area contributed by atoms with Crippen LogP contribution >= 0.6 is 24.0 Å². The molecule has 0 unspecified atom stereocenters. The van der Waals surface area contributed by atoms with Crippen LogP contribution in [0.3, 0.4) is 0 Å². The lowest BCUT2D eigenvalue weighted by Gasteiger charge is -2.37. The molecule has 1 aliphatic heterocycles. The Hall–Kier alpha value is -2.56. The number of anilines is 1. The molecule has 0 bridgehead atoms. The Kier molecular flexibility index (Phi) is 8.50. The minimum Gasteiger partial charge on any atom is -0.497 e. The van der Waals surface area contributed by atoms with Crippen LogP contribution in [-0.4, -0.2) is 56.1 Å². The summed E-state index contributed by atoms with van der Waals surface area (Å²) in [6.45, 7) is 3.75. The van der Waals surface area contributed by atoms with Gasteiger partial charge in [-0.2, -0.15) is 0 Å². The Morgan fingerprint density at radius 1 is 1.14 bits per heavy atom. The molecule has 2 aromatic carbocycles. The molecule has 0 aliphatic carbocycles. The molecule has 29 heavy (non-hydrogen) atoms. The second kappa shape index (κ2) is 10.8. The van der Waals surface area contributed by atoms with Gasteiger partial charge in [-0.25, -0.2) is 0 Å². The highest BCUT2D eigenvalue weighted by Gasteiger charge is 2.20. The van der Waals surface area contributed by atoms with Crippen molar-refractivity contribution < 1.29 is 9.66 Å². The molecule has 1 fully saturated rings. The lowest BCUT2D eigenvalue weighted by atomic mass is 10.2. The number of para-hydroxylation sites is 1. The first-order chi connectivity index (χ1) is 13.6. The molecule has 3 rings (SSSR count). The molecular weight excluding hydrogens is 485 g/mol. The molecule has 1 N–H and O–H groups in total. The first-order valence-electron chi connectivity index (χ1n) is 9.19. The van der Waals surface area contributed by atoms with E-state index in [0.717, 1.165) is 37.9 Å². The minimum absolute atomic E-state index is 0. The van der Waals surface area contributed by atoms with Crippen LogP contribution in [0.15, 0.2) is 53.5 Å². The van der Waals surface area contributed by atoms with Gasteiger partial charge < -0.3 is 19.9 Å². The maximum atomic E-state index is 11.2. The number of guanidine groups is 1. The van der Waals surface area contributed by atoms with Crippen molar-refractivity contribution in [2.24, 2.45) is 4.99 Å². The first-order valence-corrected chi connectivity index (χ1v) is 9.19. The Morgan fingerprint density at radius 3 is 2.38 bits per heavy atom. The number of rotatable bonds is 5. The molecule has 1 aliphatic rings. The molecule has 8 nitrogen and oxygen atoms in total. The molecule has 156 valence electrons. The number of nitrogens with zero attached hydrogens (tertiary/aromatic N) is 4. The van der Waals surface area contributed by atoms with Crippen LogP contribution in [0, 0.1) is 10.1 Å². The third kappa shape index (κ3) is 5.72. The molecule has 2 aromatic rings. The fourth-order valence-electron chi connectivity index (χ4n) is 3.31. The fraction of sp³-hybridized carbons (Fsp3) is 0.350. The van der Waals surface area contributed by atoms with Crippen molar-refractivity contribution in [1.82, 2.24) is 10.2 Å². The molecule has 0 saturated carbocycles. The highest BCUT2D eigenvalue weighted by molar-refractivity contribution is 14.0. The standard InChI is InChI=1S/C20H25N5O3.HI/c1-21-20(22-15-16-5-3-4-6-19(16)25(26)27)24-13-11-23(12-14-24)17-7-9-18(28-2)10-8-17;/h3-10H,11-15H2,1-2H3,(H,21,22);1H. The maximum absolute atomic E-state index is 11.2. The van der Waals surface area contributed by atoms with Crippen LogP contribution in [0.1, 0.15) is 5.56 Å². The average Bonchev–Trinajstić information content (AvgIpc) is 2.75.